The Labute approximate surface area is 149 Å². The van der Waals surface area contributed by atoms with Crippen LogP contribution in [-0.4, -0.2) is 39.9 Å². The molecule has 1 aliphatic heterocycles. The van der Waals surface area contributed by atoms with E-state index in [4.69, 9.17) is 4.98 Å². The Kier molecular flexibility index (Phi) is 4.75. The third kappa shape index (κ3) is 3.43. The second kappa shape index (κ2) is 7.16. The standard InChI is InChI=1S/C20H28N4O/c1-2-11-24-12-4-3-8-18(24)20(25)21-15-9-10-16-17(13-15)23-19(22-16)14-6-5-7-14/h9-10,13-14,18H,2-8,11-12H2,1H3,(H,21,25)(H,22,23). The third-order valence-electron chi connectivity index (χ3n) is 5.69. The Morgan fingerprint density at radius 2 is 2.16 bits per heavy atom. The number of nitrogens with one attached hydrogen (secondary N) is 2. The molecule has 1 atom stereocenters. The fraction of sp³-hybridized carbons (Fsp3) is 0.600. The average molecular weight is 340 g/mol. The number of likely N-dealkylation sites (tertiary alicyclic amines) is 1. The predicted octanol–water partition coefficient (Wildman–Crippen LogP) is 4.03. The van der Waals surface area contributed by atoms with E-state index in [2.05, 4.69) is 22.1 Å². The molecule has 1 amide bonds. The van der Waals surface area contributed by atoms with Crippen molar-refractivity contribution in [3.63, 3.8) is 0 Å². The van der Waals surface area contributed by atoms with Crippen LogP contribution in [0.25, 0.3) is 11.0 Å². The van der Waals surface area contributed by atoms with Gasteiger partial charge in [0.1, 0.15) is 5.82 Å². The summed E-state index contributed by atoms with van der Waals surface area (Å²) in [5, 5.41) is 3.13. The van der Waals surface area contributed by atoms with E-state index in [1.54, 1.807) is 0 Å². The van der Waals surface area contributed by atoms with Crippen LogP contribution in [0.4, 0.5) is 5.69 Å². The van der Waals surface area contributed by atoms with Gasteiger partial charge in [-0.1, -0.05) is 19.8 Å². The van der Waals surface area contributed by atoms with Crippen molar-refractivity contribution >= 4 is 22.6 Å². The molecule has 0 radical (unpaired) electrons. The first-order chi connectivity index (χ1) is 12.2. The zero-order valence-electron chi connectivity index (χ0n) is 15.1. The number of hydrogen-bond donors (Lipinski definition) is 2. The molecule has 0 spiro atoms. The molecular formula is C20H28N4O. The molecule has 0 bridgehead atoms. The maximum Gasteiger partial charge on any atom is 0.241 e. The Morgan fingerprint density at radius 3 is 2.92 bits per heavy atom. The number of amides is 1. The molecule has 2 fully saturated rings. The summed E-state index contributed by atoms with van der Waals surface area (Å²) >= 11 is 0. The Morgan fingerprint density at radius 1 is 1.28 bits per heavy atom. The molecule has 134 valence electrons. The van der Waals surface area contributed by atoms with E-state index in [0.717, 1.165) is 54.9 Å². The van der Waals surface area contributed by atoms with Crippen LogP contribution in [0.15, 0.2) is 18.2 Å². The van der Waals surface area contributed by atoms with Gasteiger partial charge in [-0.25, -0.2) is 4.98 Å². The second-order valence-corrected chi connectivity index (χ2v) is 7.52. The van der Waals surface area contributed by atoms with Gasteiger partial charge in [0.25, 0.3) is 0 Å². The van der Waals surface area contributed by atoms with Crippen LogP contribution in [0.3, 0.4) is 0 Å². The topological polar surface area (TPSA) is 61.0 Å². The van der Waals surface area contributed by atoms with Crippen LogP contribution >= 0.6 is 0 Å². The molecule has 4 rings (SSSR count). The molecule has 2 aliphatic rings. The summed E-state index contributed by atoms with van der Waals surface area (Å²) in [7, 11) is 0. The Bertz CT molecular complexity index is 747. The second-order valence-electron chi connectivity index (χ2n) is 7.52. The predicted molar refractivity (Wildman–Crippen MR) is 101 cm³/mol. The van der Waals surface area contributed by atoms with Gasteiger partial charge in [0.15, 0.2) is 0 Å². The highest BCUT2D eigenvalue weighted by Crippen LogP contribution is 2.35. The van der Waals surface area contributed by atoms with Crippen molar-refractivity contribution in [2.24, 2.45) is 0 Å². The minimum Gasteiger partial charge on any atom is -0.342 e. The Hall–Kier alpha value is -1.88. The van der Waals surface area contributed by atoms with Crippen LogP contribution in [0, 0.1) is 0 Å². The van der Waals surface area contributed by atoms with Crippen molar-refractivity contribution in [2.45, 2.75) is 63.8 Å². The SMILES string of the molecule is CCCN1CCCCC1C(=O)Nc1ccc2nc(C3CCC3)[nH]c2c1. The summed E-state index contributed by atoms with van der Waals surface area (Å²) in [6, 6.07) is 6.01. The molecule has 25 heavy (non-hydrogen) atoms. The first kappa shape index (κ1) is 16.6. The molecular weight excluding hydrogens is 312 g/mol. The van der Waals surface area contributed by atoms with Gasteiger partial charge in [-0.05, 0) is 63.4 Å². The molecule has 2 heterocycles. The minimum absolute atomic E-state index is 0.0108. The number of hydrogen-bond acceptors (Lipinski definition) is 3. The summed E-state index contributed by atoms with van der Waals surface area (Å²) in [5.74, 6) is 1.83. The lowest BCUT2D eigenvalue weighted by atomic mass is 9.85. The first-order valence-corrected chi connectivity index (χ1v) is 9.79. The number of nitrogens with zero attached hydrogens (tertiary/aromatic N) is 2. The van der Waals surface area contributed by atoms with Crippen molar-refractivity contribution in [1.29, 1.82) is 0 Å². The third-order valence-corrected chi connectivity index (χ3v) is 5.69. The molecule has 1 aliphatic carbocycles. The number of carbonyl (C=O) groups excluding carboxylic acids is 1. The van der Waals surface area contributed by atoms with Crippen molar-refractivity contribution in [1.82, 2.24) is 14.9 Å². The van der Waals surface area contributed by atoms with Crippen LogP contribution < -0.4 is 5.32 Å². The number of aromatic amines is 1. The van der Waals surface area contributed by atoms with Crippen molar-refractivity contribution in [3.05, 3.63) is 24.0 Å². The van der Waals surface area contributed by atoms with Gasteiger partial charge in [0.2, 0.25) is 5.91 Å². The van der Waals surface area contributed by atoms with Crippen molar-refractivity contribution in [3.8, 4) is 0 Å². The molecule has 1 aromatic heterocycles. The van der Waals surface area contributed by atoms with E-state index < -0.39 is 0 Å². The number of H-pyrrole nitrogens is 1. The highest BCUT2D eigenvalue weighted by atomic mass is 16.2. The van der Waals surface area contributed by atoms with Crippen LogP contribution in [0.1, 0.15) is 63.6 Å². The number of piperidine rings is 1. The number of fused-ring (bicyclic) bond motifs is 1. The highest BCUT2D eigenvalue weighted by molar-refractivity contribution is 5.96. The van der Waals surface area contributed by atoms with Gasteiger partial charge in [0, 0.05) is 11.6 Å². The lowest BCUT2D eigenvalue weighted by Gasteiger charge is -2.34. The van der Waals surface area contributed by atoms with Gasteiger partial charge in [0.05, 0.1) is 17.1 Å². The summed E-state index contributed by atoms with van der Waals surface area (Å²) in [5.41, 5.74) is 2.88. The molecule has 2 N–H and O–H groups in total. The molecule has 2 aromatic rings. The summed E-state index contributed by atoms with van der Waals surface area (Å²) < 4.78 is 0. The highest BCUT2D eigenvalue weighted by Gasteiger charge is 2.28. The smallest absolute Gasteiger partial charge is 0.241 e. The van der Waals surface area contributed by atoms with E-state index in [9.17, 15) is 4.79 Å². The van der Waals surface area contributed by atoms with Gasteiger partial charge in [-0.15, -0.1) is 0 Å². The van der Waals surface area contributed by atoms with Crippen LogP contribution in [-0.2, 0) is 4.79 Å². The van der Waals surface area contributed by atoms with E-state index in [1.165, 1.54) is 25.7 Å². The number of aromatic nitrogens is 2. The molecule has 1 saturated heterocycles. The summed E-state index contributed by atoms with van der Waals surface area (Å²) in [6.45, 7) is 4.22. The fourth-order valence-corrected chi connectivity index (χ4v) is 4.05. The summed E-state index contributed by atoms with van der Waals surface area (Å²) in [4.78, 5) is 23.3. The Balaban J connectivity index is 1.48. The van der Waals surface area contributed by atoms with Gasteiger partial charge in [-0.2, -0.15) is 0 Å². The zero-order chi connectivity index (χ0) is 17.2. The lowest BCUT2D eigenvalue weighted by Crippen LogP contribution is -2.47. The number of benzene rings is 1. The molecule has 5 heteroatoms. The molecule has 1 unspecified atom stereocenters. The maximum absolute atomic E-state index is 12.8. The molecule has 5 nitrogen and oxygen atoms in total. The largest absolute Gasteiger partial charge is 0.342 e. The van der Waals surface area contributed by atoms with E-state index >= 15 is 0 Å². The van der Waals surface area contributed by atoms with Crippen LogP contribution in [0.2, 0.25) is 0 Å². The molecule has 1 saturated carbocycles. The lowest BCUT2D eigenvalue weighted by molar-refractivity contribution is -0.122. The summed E-state index contributed by atoms with van der Waals surface area (Å²) in [6.07, 6.45) is 8.17. The normalized spacial score (nSPS) is 22.0. The van der Waals surface area contributed by atoms with Gasteiger partial charge in [-0.3, -0.25) is 9.69 Å². The van der Waals surface area contributed by atoms with Gasteiger partial charge < -0.3 is 10.3 Å². The maximum atomic E-state index is 12.8. The van der Waals surface area contributed by atoms with Crippen molar-refractivity contribution in [2.75, 3.05) is 18.4 Å². The average Bonchev–Trinajstić information content (AvgIpc) is 2.96. The number of anilines is 1. The van der Waals surface area contributed by atoms with Gasteiger partial charge >= 0.3 is 0 Å². The monoisotopic (exact) mass is 340 g/mol. The van der Waals surface area contributed by atoms with Crippen molar-refractivity contribution < 1.29 is 4.79 Å². The van der Waals surface area contributed by atoms with E-state index in [1.807, 2.05) is 18.2 Å². The number of imidazole rings is 1. The van der Waals surface area contributed by atoms with E-state index in [0.29, 0.717) is 5.92 Å². The number of rotatable bonds is 5. The molecule has 1 aromatic carbocycles. The van der Waals surface area contributed by atoms with Crippen LogP contribution in [0.5, 0.6) is 0 Å². The quantitative estimate of drug-likeness (QED) is 0.864. The number of carbonyl (C=O) groups is 1. The van der Waals surface area contributed by atoms with E-state index in [-0.39, 0.29) is 11.9 Å². The zero-order valence-corrected chi connectivity index (χ0v) is 15.1. The minimum atomic E-state index is 0.0108. The first-order valence-electron chi connectivity index (χ1n) is 9.79. The fourth-order valence-electron chi connectivity index (χ4n) is 4.05.